The molecule has 1 aliphatic carbocycles. The van der Waals surface area contributed by atoms with E-state index in [9.17, 15) is 4.39 Å². The molecule has 16 heavy (non-hydrogen) atoms. The summed E-state index contributed by atoms with van der Waals surface area (Å²) in [5.41, 5.74) is 0.820. The third-order valence-corrected chi connectivity index (χ3v) is 3.61. The summed E-state index contributed by atoms with van der Waals surface area (Å²) < 4.78 is 14.5. The second kappa shape index (κ2) is 5.28. The van der Waals surface area contributed by atoms with Gasteiger partial charge in [-0.25, -0.2) is 4.39 Å². The van der Waals surface area contributed by atoms with Crippen LogP contribution in [0.4, 0.5) is 4.39 Å². The van der Waals surface area contributed by atoms with Gasteiger partial charge in [-0.2, -0.15) is 0 Å². The molecule has 0 amide bonds. The van der Waals surface area contributed by atoms with Crippen molar-refractivity contribution in [3.8, 4) is 0 Å². The third-order valence-electron chi connectivity index (χ3n) is 3.11. The van der Waals surface area contributed by atoms with Gasteiger partial charge < -0.3 is 5.32 Å². The molecule has 1 nitrogen and oxygen atoms in total. The highest BCUT2D eigenvalue weighted by atomic mass is 79.9. The van der Waals surface area contributed by atoms with Crippen molar-refractivity contribution in [2.45, 2.75) is 32.2 Å². The molecule has 0 heterocycles. The molecule has 0 aliphatic heterocycles. The second-order valence-electron chi connectivity index (χ2n) is 4.44. The molecular formula is C13H17BrFN. The van der Waals surface area contributed by atoms with Crippen LogP contribution in [-0.2, 0) is 6.42 Å². The van der Waals surface area contributed by atoms with Crippen LogP contribution in [0.25, 0.3) is 0 Å². The number of hydrogen-bond acceptors (Lipinski definition) is 1. The van der Waals surface area contributed by atoms with Gasteiger partial charge in [0.2, 0.25) is 0 Å². The lowest BCUT2D eigenvalue weighted by atomic mass is 10.0. The van der Waals surface area contributed by atoms with E-state index >= 15 is 0 Å². The van der Waals surface area contributed by atoms with E-state index in [-0.39, 0.29) is 5.82 Å². The van der Waals surface area contributed by atoms with E-state index in [4.69, 9.17) is 0 Å². The quantitative estimate of drug-likeness (QED) is 0.873. The van der Waals surface area contributed by atoms with Crippen LogP contribution in [0.5, 0.6) is 0 Å². The first kappa shape index (κ1) is 12.1. The standard InChI is InChI=1S/C13H17BrFN/c1-2-16-13(9-3-4-9)7-10-5-6-11(14)8-12(10)15/h5-6,8-9,13,16H,2-4,7H2,1H3. The largest absolute Gasteiger partial charge is 0.314 e. The predicted octanol–water partition coefficient (Wildman–Crippen LogP) is 3.52. The number of likely N-dealkylation sites (N-methyl/N-ethyl adjacent to an activating group) is 1. The lowest BCUT2D eigenvalue weighted by molar-refractivity contribution is 0.462. The van der Waals surface area contributed by atoms with E-state index in [1.807, 2.05) is 12.1 Å². The van der Waals surface area contributed by atoms with Crippen molar-refractivity contribution < 1.29 is 4.39 Å². The Morgan fingerprint density at radius 3 is 2.81 bits per heavy atom. The van der Waals surface area contributed by atoms with Gasteiger partial charge >= 0.3 is 0 Å². The first-order valence-electron chi connectivity index (χ1n) is 5.88. The molecule has 0 radical (unpaired) electrons. The second-order valence-corrected chi connectivity index (χ2v) is 5.36. The van der Waals surface area contributed by atoms with Gasteiger partial charge in [-0.15, -0.1) is 0 Å². The monoisotopic (exact) mass is 285 g/mol. The number of nitrogens with one attached hydrogen (secondary N) is 1. The Hall–Kier alpha value is -0.410. The minimum atomic E-state index is -0.0991. The molecular weight excluding hydrogens is 269 g/mol. The van der Waals surface area contributed by atoms with E-state index in [0.717, 1.165) is 28.9 Å². The summed E-state index contributed by atoms with van der Waals surface area (Å²) in [4.78, 5) is 0. The Balaban J connectivity index is 2.05. The van der Waals surface area contributed by atoms with Crippen molar-refractivity contribution in [1.29, 1.82) is 0 Å². The third kappa shape index (κ3) is 3.05. The summed E-state index contributed by atoms with van der Waals surface area (Å²) >= 11 is 3.28. The highest BCUT2D eigenvalue weighted by Gasteiger charge is 2.30. The molecule has 1 saturated carbocycles. The van der Waals surface area contributed by atoms with Gasteiger partial charge in [0.25, 0.3) is 0 Å². The molecule has 1 atom stereocenters. The first-order chi connectivity index (χ1) is 7.70. The van der Waals surface area contributed by atoms with Crippen molar-refractivity contribution in [1.82, 2.24) is 5.32 Å². The predicted molar refractivity (Wildman–Crippen MR) is 68.0 cm³/mol. The summed E-state index contributed by atoms with van der Waals surface area (Å²) in [6.07, 6.45) is 3.38. The van der Waals surface area contributed by atoms with Crippen molar-refractivity contribution in [3.05, 3.63) is 34.1 Å². The highest BCUT2D eigenvalue weighted by molar-refractivity contribution is 9.10. The maximum absolute atomic E-state index is 13.7. The van der Waals surface area contributed by atoms with Crippen molar-refractivity contribution in [2.75, 3.05) is 6.54 Å². The molecule has 1 N–H and O–H groups in total. The van der Waals surface area contributed by atoms with E-state index < -0.39 is 0 Å². The lowest BCUT2D eigenvalue weighted by Gasteiger charge is -2.17. The smallest absolute Gasteiger partial charge is 0.127 e. The fraction of sp³-hybridized carbons (Fsp3) is 0.538. The maximum atomic E-state index is 13.7. The van der Waals surface area contributed by atoms with E-state index in [0.29, 0.717) is 6.04 Å². The molecule has 2 rings (SSSR count). The van der Waals surface area contributed by atoms with Crippen molar-refractivity contribution in [2.24, 2.45) is 5.92 Å². The fourth-order valence-electron chi connectivity index (χ4n) is 2.09. The van der Waals surface area contributed by atoms with Crippen LogP contribution in [0.2, 0.25) is 0 Å². The summed E-state index contributed by atoms with van der Waals surface area (Å²) in [7, 11) is 0. The Kier molecular flexibility index (Phi) is 3.98. The van der Waals surface area contributed by atoms with Crippen molar-refractivity contribution >= 4 is 15.9 Å². The molecule has 3 heteroatoms. The Labute approximate surface area is 105 Å². The number of benzene rings is 1. The Bertz CT molecular complexity index is 363. The average Bonchev–Trinajstić information content (AvgIpc) is 3.04. The van der Waals surface area contributed by atoms with Crippen LogP contribution >= 0.6 is 15.9 Å². The van der Waals surface area contributed by atoms with Crippen LogP contribution in [0.3, 0.4) is 0 Å². The van der Waals surface area contributed by atoms with E-state index in [1.54, 1.807) is 6.07 Å². The average molecular weight is 286 g/mol. The molecule has 0 bridgehead atoms. The zero-order chi connectivity index (χ0) is 11.5. The van der Waals surface area contributed by atoms with Crippen LogP contribution in [-0.4, -0.2) is 12.6 Å². The topological polar surface area (TPSA) is 12.0 Å². The molecule has 1 aromatic carbocycles. The zero-order valence-corrected chi connectivity index (χ0v) is 11.1. The van der Waals surface area contributed by atoms with Gasteiger partial charge in [-0.1, -0.05) is 28.9 Å². The van der Waals surface area contributed by atoms with Gasteiger partial charge in [-0.05, 0) is 49.4 Å². The SMILES string of the molecule is CCNC(Cc1ccc(Br)cc1F)C1CC1. The van der Waals surface area contributed by atoms with Crippen LogP contribution in [0, 0.1) is 11.7 Å². The normalized spacial score (nSPS) is 17.4. The van der Waals surface area contributed by atoms with Gasteiger partial charge in [-0.3, -0.25) is 0 Å². The molecule has 0 spiro atoms. The Morgan fingerprint density at radius 1 is 1.50 bits per heavy atom. The maximum Gasteiger partial charge on any atom is 0.127 e. The minimum absolute atomic E-state index is 0.0991. The number of rotatable bonds is 5. The summed E-state index contributed by atoms with van der Waals surface area (Å²) in [5, 5.41) is 3.46. The molecule has 1 aromatic rings. The van der Waals surface area contributed by atoms with Gasteiger partial charge in [0, 0.05) is 10.5 Å². The molecule has 1 fully saturated rings. The van der Waals surface area contributed by atoms with Crippen LogP contribution in [0.1, 0.15) is 25.3 Å². The molecule has 0 aromatic heterocycles. The van der Waals surface area contributed by atoms with Gasteiger partial charge in [0.1, 0.15) is 5.82 Å². The summed E-state index contributed by atoms with van der Waals surface area (Å²) in [5.74, 6) is 0.654. The highest BCUT2D eigenvalue weighted by Crippen LogP contribution is 2.34. The minimum Gasteiger partial charge on any atom is -0.314 e. The summed E-state index contributed by atoms with van der Waals surface area (Å²) in [6.45, 7) is 3.06. The molecule has 88 valence electrons. The van der Waals surface area contributed by atoms with Gasteiger partial charge in [0.05, 0.1) is 0 Å². The fourth-order valence-corrected chi connectivity index (χ4v) is 2.42. The van der Waals surface area contributed by atoms with Crippen LogP contribution < -0.4 is 5.32 Å². The first-order valence-corrected chi connectivity index (χ1v) is 6.67. The molecule has 1 aliphatic rings. The van der Waals surface area contributed by atoms with E-state index in [2.05, 4.69) is 28.2 Å². The molecule has 0 saturated heterocycles. The van der Waals surface area contributed by atoms with E-state index in [1.165, 1.54) is 12.8 Å². The number of halogens is 2. The van der Waals surface area contributed by atoms with Crippen molar-refractivity contribution in [3.63, 3.8) is 0 Å². The van der Waals surface area contributed by atoms with Crippen LogP contribution in [0.15, 0.2) is 22.7 Å². The summed E-state index contributed by atoms with van der Waals surface area (Å²) in [6, 6.07) is 5.78. The zero-order valence-electron chi connectivity index (χ0n) is 9.47. The molecule has 1 unspecified atom stereocenters. The van der Waals surface area contributed by atoms with Gasteiger partial charge in [0.15, 0.2) is 0 Å². The number of hydrogen-bond donors (Lipinski definition) is 1. The Morgan fingerprint density at radius 2 is 2.25 bits per heavy atom. The lowest BCUT2D eigenvalue weighted by Crippen LogP contribution is -2.33.